The number of ether oxygens (including phenoxy) is 3. The zero-order valence-corrected chi connectivity index (χ0v) is 32.7. The van der Waals surface area contributed by atoms with Crippen LogP contribution >= 0.6 is 0 Å². The van der Waals surface area contributed by atoms with E-state index in [1.54, 1.807) is 65.8 Å². The summed E-state index contributed by atoms with van der Waals surface area (Å²) in [6.45, 7) is 10.4. The third-order valence-corrected chi connectivity index (χ3v) is 8.08. The predicted octanol–water partition coefficient (Wildman–Crippen LogP) is 2.77. The van der Waals surface area contributed by atoms with E-state index in [0.29, 0.717) is 29.8 Å². The molecule has 0 spiro atoms. The van der Waals surface area contributed by atoms with E-state index in [2.05, 4.69) is 16.0 Å². The van der Waals surface area contributed by atoms with Crippen molar-refractivity contribution in [2.24, 2.45) is 0 Å². The van der Waals surface area contributed by atoms with Crippen molar-refractivity contribution in [1.29, 1.82) is 5.41 Å². The summed E-state index contributed by atoms with van der Waals surface area (Å²) in [6, 6.07) is 10.8. The average molecular weight is 768 g/mol. The fraction of sp³-hybridized carbons (Fsp3) is 0.500. The summed E-state index contributed by atoms with van der Waals surface area (Å²) in [4.78, 5) is 86.0. The van der Waals surface area contributed by atoms with Gasteiger partial charge in [0.15, 0.2) is 0 Å². The fourth-order valence-electron chi connectivity index (χ4n) is 5.70. The van der Waals surface area contributed by atoms with E-state index in [4.69, 9.17) is 24.5 Å². The number of hydrogen-bond donors (Lipinski definition) is 4. The fourth-order valence-corrected chi connectivity index (χ4v) is 5.70. The summed E-state index contributed by atoms with van der Waals surface area (Å²) in [5, 5.41) is 16.7. The molecule has 17 heteroatoms. The van der Waals surface area contributed by atoms with E-state index in [1.165, 1.54) is 48.3 Å². The molecule has 300 valence electrons. The number of amides is 5. The Labute approximate surface area is 321 Å². The summed E-state index contributed by atoms with van der Waals surface area (Å²) in [5.41, 5.74) is -0.235. The number of anilines is 1. The van der Waals surface area contributed by atoms with Crippen LogP contribution in [0.4, 0.5) is 10.5 Å². The number of esters is 1. The van der Waals surface area contributed by atoms with Gasteiger partial charge in [0.25, 0.3) is 5.91 Å². The zero-order chi connectivity index (χ0) is 40.9. The van der Waals surface area contributed by atoms with Crippen LogP contribution in [0.1, 0.15) is 70.3 Å². The van der Waals surface area contributed by atoms with Gasteiger partial charge in [0.05, 0.1) is 19.9 Å². The lowest BCUT2D eigenvalue weighted by Crippen LogP contribution is -2.63. The molecule has 0 aromatic heterocycles. The molecule has 0 bridgehead atoms. The van der Waals surface area contributed by atoms with Crippen molar-refractivity contribution in [1.82, 2.24) is 25.8 Å². The molecule has 1 aliphatic heterocycles. The quantitative estimate of drug-likeness (QED) is 0.0517. The maximum atomic E-state index is 14.5. The molecule has 2 atom stereocenters. The lowest BCUT2D eigenvalue weighted by Gasteiger charge is -2.42. The van der Waals surface area contributed by atoms with Gasteiger partial charge in [-0.05, 0) is 96.3 Å². The second-order valence-electron chi connectivity index (χ2n) is 14.7. The van der Waals surface area contributed by atoms with Crippen LogP contribution < -0.4 is 25.8 Å². The van der Waals surface area contributed by atoms with Gasteiger partial charge in [0, 0.05) is 31.6 Å². The minimum atomic E-state index is -1.13. The number of rotatable bonds is 15. The van der Waals surface area contributed by atoms with Gasteiger partial charge in [-0.3, -0.25) is 39.5 Å². The summed E-state index contributed by atoms with van der Waals surface area (Å²) < 4.78 is 16.0. The predicted molar refractivity (Wildman–Crippen MR) is 202 cm³/mol. The molecular weight excluding hydrogens is 714 g/mol. The van der Waals surface area contributed by atoms with Crippen LogP contribution in [0.2, 0.25) is 0 Å². The average Bonchev–Trinajstić information content (AvgIpc) is 3.10. The molecule has 3 rings (SSSR count). The number of carbonyl (C=O) groups is 6. The molecule has 0 saturated carbocycles. The summed E-state index contributed by atoms with van der Waals surface area (Å²) in [7, 11) is 2.84. The Morgan fingerprint density at radius 2 is 1.58 bits per heavy atom. The minimum Gasteiger partial charge on any atom is -0.497 e. The molecule has 1 aliphatic rings. The van der Waals surface area contributed by atoms with Gasteiger partial charge in [0.2, 0.25) is 24.2 Å². The summed E-state index contributed by atoms with van der Waals surface area (Å²) >= 11 is 0. The van der Waals surface area contributed by atoms with Crippen LogP contribution in [0, 0.1) is 5.41 Å². The Morgan fingerprint density at radius 1 is 0.945 bits per heavy atom. The third kappa shape index (κ3) is 13.6. The van der Waals surface area contributed by atoms with Crippen molar-refractivity contribution < 1.29 is 47.8 Å². The highest BCUT2D eigenvalue weighted by Gasteiger charge is 2.41. The van der Waals surface area contributed by atoms with Gasteiger partial charge in [-0.25, -0.2) is 4.79 Å². The standard InChI is InChI=1S/C38H53N7O10/c1-37(2,3)54-31(47)23-43-20-21-44(30(34(43)50)10-9-19-40-36(51)55-38(4,5)6)33(49)29(22-25-11-17-28(52-7)18-12-25)42-32(48)26-13-15-27(16-14-26)45(53-8)35(39)41-24-46/h11-18,24,29-30H,9-10,19-23H2,1-8H3,(H,40,51)(H,42,48)(H2,39,41,46)/t29?,30-/m0/s1. The number of benzene rings is 2. The molecule has 1 unspecified atom stereocenters. The first-order chi connectivity index (χ1) is 25.8. The van der Waals surface area contributed by atoms with Crippen LogP contribution in [0.25, 0.3) is 0 Å². The van der Waals surface area contributed by atoms with E-state index >= 15 is 0 Å². The van der Waals surface area contributed by atoms with Gasteiger partial charge < -0.3 is 34.6 Å². The SMILES string of the molecule is COc1ccc(CC(NC(=O)c2ccc(N(OC)C(=N)NC=O)cc2)C(=O)N2CCN(CC(=O)OC(C)(C)C)C(=O)[C@@H]2CCCNC(=O)OC(C)(C)C)cc1. The van der Waals surface area contributed by atoms with Gasteiger partial charge in [-0.1, -0.05) is 12.1 Å². The van der Waals surface area contributed by atoms with Crippen LogP contribution in [0.3, 0.4) is 0 Å². The molecule has 4 N–H and O–H groups in total. The summed E-state index contributed by atoms with van der Waals surface area (Å²) in [5.74, 6) is -1.91. The van der Waals surface area contributed by atoms with E-state index in [1.807, 2.05) is 0 Å². The molecule has 17 nitrogen and oxygen atoms in total. The second kappa shape index (κ2) is 19.6. The number of hydrogen-bond acceptors (Lipinski definition) is 11. The van der Waals surface area contributed by atoms with E-state index < -0.39 is 53.1 Å². The van der Waals surface area contributed by atoms with Crippen molar-refractivity contribution in [2.45, 2.75) is 84.1 Å². The Balaban J connectivity index is 1.90. The van der Waals surface area contributed by atoms with E-state index in [0.717, 1.165) is 5.06 Å². The smallest absolute Gasteiger partial charge is 0.407 e. The molecule has 1 fully saturated rings. The van der Waals surface area contributed by atoms with Crippen molar-refractivity contribution in [3.63, 3.8) is 0 Å². The monoisotopic (exact) mass is 767 g/mol. The van der Waals surface area contributed by atoms with Gasteiger partial charge in [0.1, 0.15) is 35.6 Å². The van der Waals surface area contributed by atoms with Crippen LogP contribution in [0.15, 0.2) is 48.5 Å². The lowest BCUT2D eigenvalue weighted by atomic mass is 9.99. The van der Waals surface area contributed by atoms with Crippen molar-refractivity contribution >= 4 is 47.8 Å². The highest BCUT2D eigenvalue weighted by atomic mass is 16.7. The number of nitrogens with zero attached hydrogens (tertiary/aromatic N) is 3. The molecule has 0 aliphatic carbocycles. The zero-order valence-electron chi connectivity index (χ0n) is 32.7. The number of carbonyl (C=O) groups excluding carboxylic acids is 6. The maximum absolute atomic E-state index is 14.5. The van der Waals surface area contributed by atoms with Crippen LogP contribution in [-0.2, 0) is 39.9 Å². The molecule has 1 saturated heterocycles. The highest BCUT2D eigenvalue weighted by molar-refractivity contribution is 6.00. The number of nitrogens with one attached hydrogen (secondary N) is 4. The largest absolute Gasteiger partial charge is 0.497 e. The van der Waals surface area contributed by atoms with E-state index in [-0.39, 0.29) is 50.5 Å². The number of hydroxylamine groups is 1. The maximum Gasteiger partial charge on any atom is 0.407 e. The Bertz CT molecular complexity index is 1670. The van der Waals surface area contributed by atoms with Crippen LogP contribution in [-0.4, -0.2) is 116 Å². The van der Waals surface area contributed by atoms with Crippen molar-refractivity contribution in [3.8, 4) is 5.75 Å². The first-order valence-electron chi connectivity index (χ1n) is 17.8. The molecule has 2 aromatic carbocycles. The molecule has 2 aromatic rings. The molecule has 5 amide bonds. The van der Waals surface area contributed by atoms with Gasteiger partial charge in [-0.15, -0.1) is 0 Å². The Morgan fingerprint density at radius 3 is 2.15 bits per heavy atom. The molecule has 55 heavy (non-hydrogen) atoms. The second-order valence-corrected chi connectivity index (χ2v) is 14.7. The highest BCUT2D eigenvalue weighted by Crippen LogP contribution is 2.22. The first-order valence-corrected chi connectivity index (χ1v) is 17.8. The van der Waals surface area contributed by atoms with Gasteiger partial charge >= 0.3 is 12.1 Å². The van der Waals surface area contributed by atoms with Crippen molar-refractivity contribution in [3.05, 3.63) is 59.7 Å². The molecular formula is C38H53N7O10. The van der Waals surface area contributed by atoms with E-state index in [9.17, 15) is 28.8 Å². The number of guanidine groups is 1. The van der Waals surface area contributed by atoms with Gasteiger partial charge in [-0.2, -0.15) is 5.06 Å². The Kier molecular flexibility index (Phi) is 15.5. The van der Waals surface area contributed by atoms with Crippen LogP contribution in [0.5, 0.6) is 5.75 Å². The molecule has 1 heterocycles. The first kappa shape index (κ1) is 43.7. The minimum absolute atomic E-state index is 0.0467. The number of methoxy groups -OCH3 is 1. The lowest BCUT2D eigenvalue weighted by molar-refractivity contribution is -0.163. The third-order valence-electron chi connectivity index (χ3n) is 8.08. The normalized spacial score (nSPS) is 15.0. The number of alkyl carbamates (subject to hydrolysis) is 1. The summed E-state index contributed by atoms with van der Waals surface area (Å²) in [6.07, 6.45) is 0.205. The topological polar surface area (TPSA) is 209 Å². The number of piperazine rings is 1. The molecule has 0 radical (unpaired) electrons. The van der Waals surface area contributed by atoms with Crippen molar-refractivity contribution in [2.75, 3.05) is 45.5 Å². The Hall–Kier alpha value is -5.71.